The lowest BCUT2D eigenvalue weighted by atomic mass is 10.1. The van der Waals surface area contributed by atoms with Gasteiger partial charge in [-0.1, -0.05) is 35.9 Å². The van der Waals surface area contributed by atoms with Gasteiger partial charge in [-0.3, -0.25) is 4.79 Å². The molecule has 0 bridgehead atoms. The van der Waals surface area contributed by atoms with Gasteiger partial charge < -0.3 is 14.5 Å². The van der Waals surface area contributed by atoms with Crippen LogP contribution in [0.25, 0.3) is 22.6 Å². The highest BCUT2D eigenvalue weighted by atomic mass is 35.5. The number of halogens is 1. The van der Waals surface area contributed by atoms with Crippen LogP contribution in [0.4, 0.5) is 5.69 Å². The lowest BCUT2D eigenvalue weighted by molar-refractivity contribution is -0.118. The van der Waals surface area contributed by atoms with Gasteiger partial charge in [0.05, 0.1) is 0 Å². The molecule has 1 N–H and O–H groups in total. The van der Waals surface area contributed by atoms with Gasteiger partial charge in [-0.25, -0.2) is 4.98 Å². The zero-order valence-electron chi connectivity index (χ0n) is 15.1. The number of amides is 1. The third kappa shape index (κ3) is 4.00. The normalized spacial score (nSPS) is 10.8. The Balaban J connectivity index is 1.48. The van der Waals surface area contributed by atoms with E-state index in [9.17, 15) is 4.79 Å². The van der Waals surface area contributed by atoms with E-state index in [4.69, 9.17) is 20.8 Å². The Morgan fingerprint density at radius 3 is 2.71 bits per heavy atom. The second-order valence-corrected chi connectivity index (χ2v) is 6.72. The number of carbonyl (C=O) groups is 1. The maximum atomic E-state index is 12.1. The highest BCUT2D eigenvalue weighted by Crippen LogP contribution is 2.29. The largest absolute Gasteiger partial charge is 0.484 e. The van der Waals surface area contributed by atoms with Crippen LogP contribution in [0.5, 0.6) is 5.75 Å². The number of anilines is 1. The molecular formula is C22H17ClN2O3. The minimum Gasteiger partial charge on any atom is -0.484 e. The highest BCUT2D eigenvalue weighted by Gasteiger charge is 2.11. The molecule has 0 saturated carbocycles. The summed E-state index contributed by atoms with van der Waals surface area (Å²) in [7, 11) is 0. The quantitative estimate of drug-likeness (QED) is 0.488. The van der Waals surface area contributed by atoms with Crippen molar-refractivity contribution in [3.63, 3.8) is 0 Å². The molecule has 6 heteroatoms. The predicted molar refractivity (Wildman–Crippen MR) is 110 cm³/mol. The van der Waals surface area contributed by atoms with E-state index >= 15 is 0 Å². The molecule has 140 valence electrons. The Kier molecular flexibility index (Phi) is 5.00. The van der Waals surface area contributed by atoms with Crippen LogP contribution in [0.1, 0.15) is 5.56 Å². The van der Waals surface area contributed by atoms with Gasteiger partial charge in [-0.05, 0) is 55.0 Å². The van der Waals surface area contributed by atoms with Crippen LogP contribution in [0.3, 0.4) is 0 Å². The molecule has 4 rings (SSSR count). The van der Waals surface area contributed by atoms with E-state index in [2.05, 4.69) is 10.3 Å². The van der Waals surface area contributed by atoms with Crippen molar-refractivity contribution in [2.24, 2.45) is 0 Å². The van der Waals surface area contributed by atoms with Gasteiger partial charge >= 0.3 is 0 Å². The Bertz CT molecular complexity index is 1140. The number of hydrogen-bond acceptors (Lipinski definition) is 4. The molecule has 0 saturated heterocycles. The first kappa shape index (κ1) is 18.1. The van der Waals surface area contributed by atoms with Crippen molar-refractivity contribution in [3.05, 3.63) is 77.3 Å². The Hall–Kier alpha value is -3.31. The molecule has 0 radical (unpaired) electrons. The van der Waals surface area contributed by atoms with Crippen LogP contribution >= 0.6 is 11.6 Å². The molecule has 3 aromatic carbocycles. The van der Waals surface area contributed by atoms with E-state index < -0.39 is 0 Å². The molecule has 0 aliphatic rings. The number of para-hydroxylation sites is 1. The van der Waals surface area contributed by atoms with Gasteiger partial charge in [0.25, 0.3) is 5.91 Å². The van der Waals surface area contributed by atoms with Crippen LogP contribution in [0.15, 0.2) is 71.1 Å². The number of carbonyl (C=O) groups excluding carboxylic acids is 1. The monoisotopic (exact) mass is 392 g/mol. The summed E-state index contributed by atoms with van der Waals surface area (Å²) < 4.78 is 11.3. The number of benzene rings is 3. The third-order valence-electron chi connectivity index (χ3n) is 4.20. The minimum atomic E-state index is -0.253. The number of aromatic nitrogens is 1. The first-order valence-electron chi connectivity index (χ1n) is 8.73. The van der Waals surface area contributed by atoms with Gasteiger partial charge in [0.1, 0.15) is 11.3 Å². The average Bonchev–Trinajstić information content (AvgIpc) is 3.13. The number of nitrogens with one attached hydrogen (secondary N) is 1. The molecule has 28 heavy (non-hydrogen) atoms. The number of nitrogens with zero attached hydrogens (tertiary/aromatic N) is 1. The van der Waals surface area contributed by atoms with Crippen LogP contribution in [-0.4, -0.2) is 17.5 Å². The standard InChI is InChI=1S/C22H17ClN2O3/c1-14-7-8-15(11-18(14)23)22-25-19-12-16(9-10-20(19)28-22)24-21(26)13-27-17-5-3-2-4-6-17/h2-12H,13H2,1H3,(H,24,26). The van der Waals surface area contributed by atoms with Gasteiger partial charge in [-0.2, -0.15) is 0 Å². The van der Waals surface area contributed by atoms with Gasteiger partial charge in [0.15, 0.2) is 12.2 Å². The van der Waals surface area contributed by atoms with Crippen LogP contribution in [0.2, 0.25) is 5.02 Å². The fourth-order valence-corrected chi connectivity index (χ4v) is 2.90. The molecule has 0 spiro atoms. The number of fused-ring (bicyclic) bond motifs is 1. The molecule has 1 heterocycles. The van der Waals surface area contributed by atoms with Gasteiger partial charge in [0.2, 0.25) is 5.89 Å². The summed E-state index contributed by atoms with van der Waals surface area (Å²) >= 11 is 6.19. The zero-order chi connectivity index (χ0) is 19.5. The number of hydrogen-bond donors (Lipinski definition) is 1. The van der Waals surface area contributed by atoms with Crippen LogP contribution in [0, 0.1) is 6.92 Å². The molecule has 1 aromatic heterocycles. The topological polar surface area (TPSA) is 64.4 Å². The Morgan fingerprint density at radius 1 is 1.11 bits per heavy atom. The number of rotatable bonds is 5. The van der Waals surface area contributed by atoms with Crippen molar-refractivity contribution in [3.8, 4) is 17.2 Å². The van der Waals surface area contributed by atoms with E-state index in [1.807, 2.05) is 43.3 Å². The van der Waals surface area contributed by atoms with E-state index in [1.165, 1.54) is 0 Å². The van der Waals surface area contributed by atoms with Gasteiger partial charge in [-0.15, -0.1) is 0 Å². The van der Waals surface area contributed by atoms with Crippen molar-refractivity contribution in [1.82, 2.24) is 4.98 Å². The summed E-state index contributed by atoms with van der Waals surface area (Å²) in [5.74, 6) is 0.871. The molecule has 0 fully saturated rings. The first-order valence-corrected chi connectivity index (χ1v) is 9.11. The number of ether oxygens (including phenoxy) is 1. The van der Waals surface area contributed by atoms with E-state index in [0.29, 0.717) is 33.4 Å². The molecule has 4 aromatic rings. The van der Waals surface area contributed by atoms with E-state index in [-0.39, 0.29) is 12.5 Å². The zero-order valence-corrected chi connectivity index (χ0v) is 15.9. The number of aryl methyl sites for hydroxylation is 1. The molecular weight excluding hydrogens is 376 g/mol. The van der Waals surface area contributed by atoms with Crippen LogP contribution < -0.4 is 10.1 Å². The van der Waals surface area contributed by atoms with Crippen molar-refractivity contribution in [2.75, 3.05) is 11.9 Å². The third-order valence-corrected chi connectivity index (χ3v) is 4.61. The SMILES string of the molecule is Cc1ccc(-c2nc3cc(NC(=O)COc4ccccc4)ccc3o2)cc1Cl. The molecule has 5 nitrogen and oxygen atoms in total. The maximum Gasteiger partial charge on any atom is 0.262 e. The Labute approximate surface area is 166 Å². The molecule has 0 aliphatic carbocycles. The summed E-state index contributed by atoms with van der Waals surface area (Å²) in [6.07, 6.45) is 0. The molecule has 1 amide bonds. The molecule has 0 aliphatic heterocycles. The predicted octanol–water partition coefficient (Wildman–Crippen LogP) is 5.47. The van der Waals surface area contributed by atoms with Crippen molar-refractivity contribution < 1.29 is 13.9 Å². The summed E-state index contributed by atoms with van der Waals surface area (Å²) in [5.41, 5.74) is 3.69. The van der Waals surface area contributed by atoms with Gasteiger partial charge in [0, 0.05) is 16.3 Å². The lowest BCUT2D eigenvalue weighted by Crippen LogP contribution is -2.20. The summed E-state index contributed by atoms with van der Waals surface area (Å²) in [6, 6.07) is 20.1. The summed E-state index contributed by atoms with van der Waals surface area (Å²) in [6.45, 7) is 1.86. The number of oxazole rings is 1. The summed E-state index contributed by atoms with van der Waals surface area (Å²) in [4.78, 5) is 16.6. The first-order chi connectivity index (χ1) is 13.6. The highest BCUT2D eigenvalue weighted by molar-refractivity contribution is 6.31. The smallest absolute Gasteiger partial charge is 0.262 e. The maximum absolute atomic E-state index is 12.1. The minimum absolute atomic E-state index is 0.0754. The summed E-state index contributed by atoms with van der Waals surface area (Å²) in [5, 5.41) is 3.46. The second kappa shape index (κ2) is 7.74. The van der Waals surface area contributed by atoms with Crippen molar-refractivity contribution in [1.29, 1.82) is 0 Å². The second-order valence-electron chi connectivity index (χ2n) is 6.32. The molecule has 0 unspecified atom stereocenters. The van der Waals surface area contributed by atoms with Crippen molar-refractivity contribution >= 4 is 34.3 Å². The average molecular weight is 393 g/mol. The van der Waals surface area contributed by atoms with E-state index in [1.54, 1.807) is 30.3 Å². The van der Waals surface area contributed by atoms with E-state index in [0.717, 1.165) is 11.1 Å². The molecule has 0 atom stereocenters. The Morgan fingerprint density at radius 2 is 1.93 bits per heavy atom. The van der Waals surface area contributed by atoms with Crippen molar-refractivity contribution in [2.45, 2.75) is 6.92 Å². The lowest BCUT2D eigenvalue weighted by Gasteiger charge is -2.07. The fourth-order valence-electron chi connectivity index (χ4n) is 2.72. The van der Waals surface area contributed by atoms with Crippen LogP contribution in [-0.2, 0) is 4.79 Å². The fraction of sp³-hybridized carbons (Fsp3) is 0.0909.